The number of sulfonamides is 1. The molecule has 0 saturated carbocycles. The highest BCUT2D eigenvalue weighted by atomic mass is 32.2. The van der Waals surface area contributed by atoms with Crippen LogP contribution >= 0.6 is 11.3 Å². The van der Waals surface area contributed by atoms with Crippen LogP contribution in [0.15, 0.2) is 34.5 Å². The zero-order valence-electron chi connectivity index (χ0n) is 12.6. The van der Waals surface area contributed by atoms with Crippen molar-refractivity contribution < 1.29 is 8.42 Å². The van der Waals surface area contributed by atoms with Crippen LogP contribution in [0, 0.1) is 13.8 Å². The van der Waals surface area contributed by atoms with E-state index in [2.05, 4.69) is 0 Å². The second kappa shape index (κ2) is 5.79. The van der Waals surface area contributed by atoms with Crippen molar-refractivity contribution in [3.8, 4) is 0 Å². The van der Waals surface area contributed by atoms with Crippen LogP contribution in [0.3, 0.4) is 0 Å². The van der Waals surface area contributed by atoms with Crippen molar-refractivity contribution in [1.29, 1.82) is 0 Å². The molecule has 0 bridgehead atoms. The lowest BCUT2D eigenvalue weighted by atomic mass is 10.1. The van der Waals surface area contributed by atoms with Gasteiger partial charge in [0.15, 0.2) is 0 Å². The number of nitrogens with zero attached hydrogens (tertiary/aromatic N) is 1. The van der Waals surface area contributed by atoms with E-state index in [4.69, 9.17) is 5.73 Å². The number of nitrogens with two attached hydrogens (primary N) is 1. The van der Waals surface area contributed by atoms with Crippen molar-refractivity contribution in [1.82, 2.24) is 4.31 Å². The molecule has 0 aliphatic carbocycles. The Labute approximate surface area is 130 Å². The number of thiophene rings is 1. The van der Waals surface area contributed by atoms with Gasteiger partial charge in [0.1, 0.15) is 0 Å². The summed E-state index contributed by atoms with van der Waals surface area (Å²) >= 11 is 1.55. The van der Waals surface area contributed by atoms with E-state index in [1.807, 2.05) is 24.4 Å². The van der Waals surface area contributed by atoms with Gasteiger partial charge >= 0.3 is 0 Å². The van der Waals surface area contributed by atoms with E-state index in [0.717, 1.165) is 4.88 Å². The molecule has 6 heteroatoms. The monoisotopic (exact) mass is 324 g/mol. The molecule has 2 N–H and O–H groups in total. The quantitative estimate of drug-likeness (QED) is 0.877. The van der Waals surface area contributed by atoms with Gasteiger partial charge in [0.05, 0.1) is 10.9 Å². The summed E-state index contributed by atoms with van der Waals surface area (Å²) in [6.07, 6.45) is 0. The van der Waals surface area contributed by atoms with Crippen molar-refractivity contribution in [2.45, 2.75) is 31.7 Å². The summed E-state index contributed by atoms with van der Waals surface area (Å²) in [5, 5.41) is 1.95. The molecule has 21 heavy (non-hydrogen) atoms. The smallest absolute Gasteiger partial charge is 0.243 e. The van der Waals surface area contributed by atoms with Crippen molar-refractivity contribution in [2.24, 2.45) is 0 Å². The fourth-order valence-electron chi connectivity index (χ4n) is 2.30. The zero-order valence-corrected chi connectivity index (χ0v) is 14.3. The molecule has 4 nitrogen and oxygen atoms in total. The average Bonchev–Trinajstić information content (AvgIpc) is 2.95. The SMILES string of the molecule is Cc1ccc(N)c(C)c1S(=O)(=O)N(C)C(C)c1cccs1. The molecule has 0 fully saturated rings. The average molecular weight is 324 g/mol. The van der Waals surface area contributed by atoms with E-state index in [0.29, 0.717) is 21.7 Å². The number of hydrogen-bond acceptors (Lipinski definition) is 4. The highest BCUT2D eigenvalue weighted by molar-refractivity contribution is 7.89. The molecule has 1 aromatic heterocycles. The van der Waals surface area contributed by atoms with Crippen molar-refractivity contribution in [2.75, 3.05) is 12.8 Å². The lowest BCUT2D eigenvalue weighted by Gasteiger charge is -2.25. The molecule has 2 rings (SSSR count). The first-order valence-corrected chi connectivity index (χ1v) is 8.96. The van der Waals surface area contributed by atoms with Gasteiger partial charge in [-0.3, -0.25) is 0 Å². The molecule has 0 spiro atoms. The number of aryl methyl sites for hydroxylation is 1. The number of benzene rings is 1. The minimum Gasteiger partial charge on any atom is -0.398 e. The number of rotatable bonds is 4. The predicted molar refractivity (Wildman–Crippen MR) is 88.0 cm³/mol. The van der Waals surface area contributed by atoms with Crippen LogP contribution in [0.2, 0.25) is 0 Å². The Hall–Kier alpha value is -1.37. The first kappa shape index (κ1) is 16.0. The zero-order chi connectivity index (χ0) is 15.8. The van der Waals surface area contributed by atoms with Crippen LogP contribution in [-0.2, 0) is 10.0 Å². The minimum atomic E-state index is -3.59. The van der Waals surface area contributed by atoms with E-state index in [9.17, 15) is 8.42 Å². The van der Waals surface area contributed by atoms with Gasteiger partial charge in [-0.05, 0) is 49.4 Å². The summed E-state index contributed by atoms with van der Waals surface area (Å²) in [4.78, 5) is 1.33. The molecule has 1 atom stereocenters. The summed E-state index contributed by atoms with van der Waals surface area (Å²) < 4.78 is 27.3. The summed E-state index contributed by atoms with van der Waals surface area (Å²) in [7, 11) is -1.98. The summed E-state index contributed by atoms with van der Waals surface area (Å²) in [6, 6.07) is 7.15. The van der Waals surface area contributed by atoms with Crippen LogP contribution in [0.1, 0.15) is 29.0 Å². The van der Waals surface area contributed by atoms with E-state index in [-0.39, 0.29) is 6.04 Å². The van der Waals surface area contributed by atoms with Gasteiger partial charge in [-0.15, -0.1) is 11.3 Å². The van der Waals surface area contributed by atoms with Gasteiger partial charge in [-0.1, -0.05) is 12.1 Å². The van der Waals surface area contributed by atoms with Crippen LogP contribution in [0.4, 0.5) is 5.69 Å². The highest BCUT2D eigenvalue weighted by Gasteiger charge is 2.30. The standard InChI is InChI=1S/C15H20N2O2S2/c1-10-7-8-13(16)11(2)15(10)21(18,19)17(4)12(3)14-6-5-9-20-14/h5-9,12H,16H2,1-4H3. The molecule has 0 amide bonds. The number of hydrogen-bond donors (Lipinski definition) is 1. The maximum absolute atomic E-state index is 12.9. The predicted octanol–water partition coefficient (Wildman–Crippen LogP) is 3.33. The minimum absolute atomic E-state index is 0.213. The van der Waals surface area contributed by atoms with E-state index < -0.39 is 10.0 Å². The van der Waals surface area contributed by atoms with Crippen LogP contribution in [0.25, 0.3) is 0 Å². The number of nitrogen functional groups attached to an aromatic ring is 1. The molecule has 0 aliphatic heterocycles. The first-order valence-electron chi connectivity index (χ1n) is 6.64. The maximum Gasteiger partial charge on any atom is 0.243 e. The van der Waals surface area contributed by atoms with Crippen LogP contribution in [0.5, 0.6) is 0 Å². The second-order valence-corrected chi connectivity index (χ2v) is 8.05. The third-order valence-corrected chi connectivity index (χ3v) is 7.04. The van der Waals surface area contributed by atoms with Crippen LogP contribution < -0.4 is 5.73 Å². The summed E-state index contributed by atoms with van der Waals surface area (Å²) in [5.74, 6) is 0. The Morgan fingerprint density at radius 2 is 1.90 bits per heavy atom. The summed E-state index contributed by atoms with van der Waals surface area (Å²) in [5.41, 5.74) is 7.70. The molecule has 1 unspecified atom stereocenters. The van der Waals surface area contributed by atoms with Crippen molar-refractivity contribution >= 4 is 27.0 Å². The third-order valence-electron chi connectivity index (χ3n) is 3.78. The fraction of sp³-hybridized carbons (Fsp3) is 0.333. The molecule has 1 heterocycles. The lowest BCUT2D eigenvalue weighted by Crippen LogP contribution is -2.30. The normalized spacial score (nSPS) is 13.6. The first-order chi connectivity index (χ1) is 9.76. The lowest BCUT2D eigenvalue weighted by molar-refractivity contribution is 0.402. The highest BCUT2D eigenvalue weighted by Crippen LogP contribution is 2.32. The Bertz CT molecular complexity index is 737. The molecular weight excluding hydrogens is 304 g/mol. The van der Waals surface area contributed by atoms with E-state index in [1.54, 1.807) is 44.4 Å². The van der Waals surface area contributed by atoms with E-state index >= 15 is 0 Å². The van der Waals surface area contributed by atoms with Gasteiger partial charge < -0.3 is 5.73 Å². The maximum atomic E-state index is 12.9. The van der Waals surface area contributed by atoms with Gasteiger partial charge in [0, 0.05) is 17.6 Å². The van der Waals surface area contributed by atoms with Crippen molar-refractivity contribution in [3.63, 3.8) is 0 Å². The molecule has 114 valence electrons. The fourth-order valence-corrected chi connectivity index (χ4v) is 4.99. The Morgan fingerprint density at radius 1 is 1.24 bits per heavy atom. The van der Waals surface area contributed by atoms with Crippen LogP contribution in [-0.4, -0.2) is 19.8 Å². The summed E-state index contributed by atoms with van der Waals surface area (Å²) in [6.45, 7) is 5.43. The Morgan fingerprint density at radius 3 is 2.48 bits per heavy atom. The van der Waals surface area contributed by atoms with E-state index in [1.165, 1.54) is 4.31 Å². The third kappa shape index (κ3) is 2.84. The topological polar surface area (TPSA) is 63.4 Å². The molecule has 0 radical (unpaired) electrons. The molecule has 2 aromatic rings. The molecule has 0 saturated heterocycles. The second-order valence-electron chi connectivity index (χ2n) is 5.14. The Kier molecular flexibility index (Phi) is 4.41. The Balaban J connectivity index is 2.50. The van der Waals surface area contributed by atoms with Crippen molar-refractivity contribution in [3.05, 3.63) is 45.6 Å². The van der Waals surface area contributed by atoms with Gasteiger partial charge in [0.25, 0.3) is 0 Å². The van der Waals surface area contributed by atoms with Gasteiger partial charge in [0.2, 0.25) is 10.0 Å². The number of anilines is 1. The van der Waals surface area contributed by atoms with Gasteiger partial charge in [-0.2, -0.15) is 4.31 Å². The largest absolute Gasteiger partial charge is 0.398 e. The molecular formula is C15H20N2O2S2. The molecule has 0 aliphatic rings. The van der Waals surface area contributed by atoms with Gasteiger partial charge in [-0.25, -0.2) is 8.42 Å². The molecule has 1 aromatic carbocycles.